The van der Waals surface area contributed by atoms with Crippen molar-refractivity contribution in [1.82, 2.24) is 0 Å². The zero-order valence-electron chi connectivity index (χ0n) is 11.3. The summed E-state index contributed by atoms with van der Waals surface area (Å²) in [6, 6.07) is 10.5. The number of anilines is 1. The summed E-state index contributed by atoms with van der Waals surface area (Å²) >= 11 is 16.0. The molecule has 2 aromatic carbocycles. The zero-order chi connectivity index (χ0) is 15.9. The normalized spacial score (nSPS) is 20.1. The summed E-state index contributed by atoms with van der Waals surface area (Å²) in [7, 11) is 0. The molecule has 0 spiro atoms. The lowest BCUT2D eigenvalue weighted by Crippen LogP contribution is -2.35. The van der Waals surface area contributed by atoms with Crippen LogP contribution in [-0.4, -0.2) is 17.1 Å². The largest absolute Gasteiger partial charge is 0.480 e. The molecule has 1 aliphatic rings. The number of carboxylic acids is 1. The first-order valence-corrected chi connectivity index (χ1v) is 8.25. The molecule has 0 saturated heterocycles. The summed E-state index contributed by atoms with van der Waals surface area (Å²) in [5.74, 6) is -1.00. The van der Waals surface area contributed by atoms with E-state index in [9.17, 15) is 9.90 Å². The van der Waals surface area contributed by atoms with E-state index in [0.29, 0.717) is 22.2 Å². The molecule has 6 heteroatoms. The van der Waals surface area contributed by atoms with E-state index in [1.807, 2.05) is 24.3 Å². The minimum Gasteiger partial charge on any atom is -0.480 e. The zero-order valence-corrected chi connectivity index (χ0v) is 14.4. The molecule has 2 atom stereocenters. The number of nitrogens with one attached hydrogen (secondary N) is 1. The van der Waals surface area contributed by atoms with Crippen molar-refractivity contribution >= 4 is 50.8 Å². The van der Waals surface area contributed by atoms with Gasteiger partial charge in [-0.05, 0) is 30.2 Å². The smallest absolute Gasteiger partial charge is 0.326 e. The van der Waals surface area contributed by atoms with Crippen LogP contribution in [0.25, 0.3) is 0 Å². The molecule has 0 radical (unpaired) electrons. The molecule has 2 unspecified atom stereocenters. The van der Waals surface area contributed by atoms with Crippen LogP contribution in [0.5, 0.6) is 0 Å². The van der Waals surface area contributed by atoms with Crippen LogP contribution in [0.1, 0.15) is 23.5 Å². The van der Waals surface area contributed by atoms with Gasteiger partial charge in [-0.25, -0.2) is 4.79 Å². The second-order valence-corrected chi connectivity index (χ2v) is 6.89. The summed E-state index contributed by atoms with van der Waals surface area (Å²) in [6.07, 6.45) is 0.423. The fraction of sp³-hybridized carbons (Fsp3) is 0.188. The molecule has 0 bridgehead atoms. The average molecular weight is 401 g/mol. The third-order valence-corrected chi connectivity index (χ3v) is 5.08. The van der Waals surface area contributed by atoms with Gasteiger partial charge in [0.15, 0.2) is 0 Å². The number of benzene rings is 2. The van der Waals surface area contributed by atoms with Crippen molar-refractivity contribution in [2.45, 2.75) is 18.4 Å². The Morgan fingerprint density at radius 2 is 2.00 bits per heavy atom. The Balaban J connectivity index is 2.18. The Bertz CT molecular complexity index is 751. The number of rotatable bonds is 2. The van der Waals surface area contributed by atoms with E-state index >= 15 is 0 Å². The van der Waals surface area contributed by atoms with Crippen LogP contribution in [0, 0.1) is 0 Å². The molecule has 2 N–H and O–H groups in total. The van der Waals surface area contributed by atoms with Crippen LogP contribution in [-0.2, 0) is 4.79 Å². The Hall–Kier alpha value is -1.23. The lowest BCUT2D eigenvalue weighted by atomic mass is 9.82. The molecule has 0 aromatic heterocycles. The molecule has 3 rings (SSSR count). The Morgan fingerprint density at radius 1 is 1.27 bits per heavy atom. The Morgan fingerprint density at radius 3 is 2.68 bits per heavy atom. The number of carboxylic acid groups (broad SMARTS) is 1. The monoisotopic (exact) mass is 399 g/mol. The van der Waals surface area contributed by atoms with E-state index in [4.69, 9.17) is 23.2 Å². The van der Waals surface area contributed by atoms with Crippen molar-refractivity contribution < 1.29 is 9.90 Å². The van der Waals surface area contributed by atoms with E-state index in [1.54, 1.807) is 12.1 Å². The summed E-state index contributed by atoms with van der Waals surface area (Å²) in [5, 5.41) is 13.4. The molecule has 0 amide bonds. The van der Waals surface area contributed by atoms with E-state index < -0.39 is 12.0 Å². The van der Waals surface area contributed by atoms with Gasteiger partial charge in [-0.3, -0.25) is 0 Å². The lowest BCUT2D eigenvalue weighted by molar-refractivity contribution is -0.138. The topological polar surface area (TPSA) is 49.3 Å². The number of carbonyl (C=O) groups is 1. The molecule has 22 heavy (non-hydrogen) atoms. The predicted octanol–water partition coefficient (Wildman–Crippen LogP) is 5.16. The van der Waals surface area contributed by atoms with Gasteiger partial charge < -0.3 is 10.4 Å². The van der Waals surface area contributed by atoms with Gasteiger partial charge >= 0.3 is 5.97 Å². The Labute approximate surface area is 146 Å². The highest BCUT2D eigenvalue weighted by Crippen LogP contribution is 2.45. The van der Waals surface area contributed by atoms with E-state index in [0.717, 1.165) is 15.6 Å². The maximum Gasteiger partial charge on any atom is 0.326 e. The maximum atomic E-state index is 11.5. The molecule has 0 fully saturated rings. The fourth-order valence-corrected chi connectivity index (χ4v) is 4.05. The van der Waals surface area contributed by atoms with Crippen LogP contribution in [0.15, 0.2) is 40.9 Å². The first kappa shape index (κ1) is 15.7. The third-order valence-electron chi connectivity index (χ3n) is 3.82. The number of hydrogen-bond acceptors (Lipinski definition) is 2. The first-order chi connectivity index (χ1) is 10.5. The van der Waals surface area contributed by atoms with Gasteiger partial charge in [0.25, 0.3) is 0 Å². The summed E-state index contributed by atoms with van der Waals surface area (Å²) in [4.78, 5) is 11.5. The minimum atomic E-state index is -0.890. The predicted molar refractivity (Wildman–Crippen MR) is 92.1 cm³/mol. The van der Waals surface area contributed by atoms with Crippen molar-refractivity contribution in [2.75, 3.05) is 5.32 Å². The lowest BCUT2D eigenvalue weighted by Gasteiger charge is -2.32. The van der Waals surface area contributed by atoms with Crippen molar-refractivity contribution in [2.24, 2.45) is 0 Å². The summed E-state index contributed by atoms with van der Waals surface area (Å²) < 4.78 is 0.933. The second kappa shape index (κ2) is 6.11. The van der Waals surface area contributed by atoms with Crippen molar-refractivity contribution in [3.05, 3.63) is 62.0 Å². The maximum absolute atomic E-state index is 11.5. The highest BCUT2D eigenvalue weighted by Gasteiger charge is 2.34. The van der Waals surface area contributed by atoms with Crippen LogP contribution < -0.4 is 5.32 Å². The first-order valence-electron chi connectivity index (χ1n) is 6.70. The van der Waals surface area contributed by atoms with Crippen LogP contribution in [0.2, 0.25) is 10.0 Å². The molecule has 1 aliphatic heterocycles. The van der Waals surface area contributed by atoms with Crippen molar-refractivity contribution in [3.63, 3.8) is 0 Å². The van der Waals surface area contributed by atoms with Gasteiger partial charge in [0.05, 0.1) is 0 Å². The van der Waals surface area contributed by atoms with E-state index in [2.05, 4.69) is 21.2 Å². The van der Waals surface area contributed by atoms with Gasteiger partial charge in [0.2, 0.25) is 0 Å². The molecule has 1 heterocycles. The molecule has 114 valence electrons. The van der Waals surface area contributed by atoms with Crippen LogP contribution in [0.4, 0.5) is 5.69 Å². The fourth-order valence-electron chi connectivity index (χ4n) is 2.86. The molecule has 0 aliphatic carbocycles. The quantitative estimate of drug-likeness (QED) is 0.732. The summed E-state index contributed by atoms with van der Waals surface area (Å²) in [5.41, 5.74) is 2.58. The van der Waals surface area contributed by atoms with Gasteiger partial charge in [-0.15, -0.1) is 0 Å². The number of aliphatic carboxylic acids is 1. The minimum absolute atomic E-state index is 0.113. The van der Waals surface area contributed by atoms with Gasteiger partial charge in [0.1, 0.15) is 6.04 Å². The highest BCUT2D eigenvalue weighted by molar-refractivity contribution is 9.10. The average Bonchev–Trinajstić information content (AvgIpc) is 2.46. The van der Waals surface area contributed by atoms with Crippen LogP contribution >= 0.6 is 39.1 Å². The van der Waals surface area contributed by atoms with Gasteiger partial charge in [-0.2, -0.15) is 0 Å². The molecule has 2 aromatic rings. The highest BCUT2D eigenvalue weighted by atomic mass is 79.9. The van der Waals surface area contributed by atoms with Crippen LogP contribution in [0.3, 0.4) is 0 Å². The Kier molecular flexibility index (Phi) is 4.35. The number of fused-ring (bicyclic) bond motifs is 1. The van der Waals surface area contributed by atoms with Gasteiger partial charge in [0, 0.05) is 31.7 Å². The van der Waals surface area contributed by atoms with E-state index in [-0.39, 0.29) is 5.92 Å². The molecule has 0 saturated carbocycles. The number of halogens is 3. The summed E-state index contributed by atoms with van der Waals surface area (Å²) in [6.45, 7) is 0. The molecular weight excluding hydrogens is 389 g/mol. The van der Waals surface area contributed by atoms with E-state index in [1.165, 1.54) is 0 Å². The van der Waals surface area contributed by atoms with Crippen molar-refractivity contribution in [3.8, 4) is 0 Å². The van der Waals surface area contributed by atoms with Crippen molar-refractivity contribution in [1.29, 1.82) is 0 Å². The van der Waals surface area contributed by atoms with Gasteiger partial charge in [-0.1, -0.05) is 57.3 Å². The third kappa shape index (κ3) is 2.83. The molecule has 3 nitrogen and oxygen atoms in total. The standard InChI is InChI=1S/C16H12BrCl2NO2/c17-11-4-2-1-3-9(11)10-7-14(16(21)22)20-13-6-8(18)5-12(19)15(10)13/h1-6,10,14,20H,7H2,(H,21,22). The second-order valence-electron chi connectivity index (χ2n) is 5.19. The SMILES string of the molecule is O=C(O)C1CC(c2ccccc2Br)c2c(Cl)cc(Cl)cc2N1. The molecular formula is C16H12BrCl2NO2. The number of hydrogen-bond donors (Lipinski definition) is 2.